The monoisotopic (exact) mass is 309 g/mol. The summed E-state index contributed by atoms with van der Waals surface area (Å²) in [6, 6.07) is 13.1. The molecule has 0 aromatic heterocycles. The lowest BCUT2D eigenvalue weighted by Crippen LogP contribution is -1.89. The van der Waals surface area contributed by atoms with E-state index in [1.54, 1.807) is 23.9 Å². The van der Waals surface area contributed by atoms with Crippen LogP contribution < -0.4 is 5.73 Å². The van der Waals surface area contributed by atoms with Crippen molar-refractivity contribution in [1.29, 1.82) is 0 Å². The number of rotatable bonds is 3. The summed E-state index contributed by atoms with van der Waals surface area (Å²) in [6.45, 7) is 0. The van der Waals surface area contributed by atoms with Crippen molar-refractivity contribution >= 4 is 33.4 Å². The van der Waals surface area contributed by atoms with Crippen LogP contribution in [0.4, 0.5) is 5.69 Å². The van der Waals surface area contributed by atoms with Crippen molar-refractivity contribution in [1.82, 2.24) is 0 Å². The van der Waals surface area contributed by atoms with Crippen LogP contribution in [0.3, 0.4) is 0 Å². The molecule has 0 aliphatic rings. The fourth-order valence-electron chi connectivity index (χ4n) is 1.40. The minimum absolute atomic E-state index is 0.293. The Morgan fingerprint density at radius 3 is 2.47 bits per heavy atom. The first-order chi connectivity index (χ1) is 8.15. The number of halogens is 1. The molecule has 0 unspecified atom stereocenters. The Morgan fingerprint density at radius 2 is 1.82 bits per heavy atom. The van der Waals surface area contributed by atoms with Gasteiger partial charge in [0, 0.05) is 20.8 Å². The van der Waals surface area contributed by atoms with Crippen LogP contribution in [-0.2, 0) is 5.75 Å². The Bertz CT molecular complexity index is 513. The van der Waals surface area contributed by atoms with E-state index in [0.29, 0.717) is 5.75 Å². The van der Waals surface area contributed by atoms with Crippen molar-refractivity contribution in [3.63, 3.8) is 0 Å². The average molecular weight is 310 g/mol. The van der Waals surface area contributed by atoms with Crippen LogP contribution >= 0.6 is 27.7 Å². The van der Waals surface area contributed by atoms with Crippen molar-refractivity contribution in [2.75, 3.05) is 5.73 Å². The van der Waals surface area contributed by atoms with Crippen molar-refractivity contribution in [2.45, 2.75) is 10.6 Å². The lowest BCUT2D eigenvalue weighted by molar-refractivity contribution is 0.475. The molecule has 17 heavy (non-hydrogen) atoms. The normalized spacial score (nSPS) is 10.4. The van der Waals surface area contributed by atoms with Gasteiger partial charge in [-0.1, -0.05) is 28.1 Å². The molecule has 0 bridgehead atoms. The Balaban J connectivity index is 2.04. The first-order valence-corrected chi connectivity index (χ1v) is 6.89. The smallest absolute Gasteiger partial charge is 0.115 e. The van der Waals surface area contributed by atoms with Gasteiger partial charge in [-0.3, -0.25) is 0 Å². The van der Waals surface area contributed by atoms with Gasteiger partial charge >= 0.3 is 0 Å². The highest BCUT2D eigenvalue weighted by Gasteiger charge is 2.01. The molecule has 0 aliphatic carbocycles. The Kier molecular flexibility index (Phi) is 3.97. The number of hydrogen-bond acceptors (Lipinski definition) is 3. The van der Waals surface area contributed by atoms with Crippen molar-refractivity contribution in [3.8, 4) is 5.75 Å². The van der Waals surface area contributed by atoms with Crippen LogP contribution in [0.2, 0.25) is 0 Å². The second kappa shape index (κ2) is 5.47. The predicted octanol–water partition coefficient (Wildman–Crippen LogP) is 4.03. The first kappa shape index (κ1) is 12.3. The Hall–Kier alpha value is -1.13. The van der Waals surface area contributed by atoms with Gasteiger partial charge in [-0.15, -0.1) is 11.8 Å². The molecule has 3 N–H and O–H groups in total. The lowest BCUT2D eigenvalue weighted by atomic mass is 10.2. The molecule has 2 aromatic carbocycles. The molecule has 4 heteroatoms. The third-order valence-corrected chi connectivity index (χ3v) is 3.96. The molecule has 0 aliphatic heterocycles. The summed E-state index contributed by atoms with van der Waals surface area (Å²) < 4.78 is 0.990. The zero-order valence-electron chi connectivity index (χ0n) is 9.06. The molecule has 0 amide bonds. The predicted molar refractivity (Wildman–Crippen MR) is 76.2 cm³/mol. The van der Waals surface area contributed by atoms with Gasteiger partial charge in [0.2, 0.25) is 0 Å². The summed E-state index contributed by atoms with van der Waals surface area (Å²) in [5.74, 6) is 1.13. The first-order valence-electron chi connectivity index (χ1n) is 5.11. The fourth-order valence-corrected chi connectivity index (χ4v) is 2.69. The molecule has 0 atom stereocenters. The molecule has 0 saturated heterocycles. The van der Waals surface area contributed by atoms with E-state index >= 15 is 0 Å². The summed E-state index contributed by atoms with van der Waals surface area (Å²) in [7, 11) is 0. The number of nitrogens with two attached hydrogens (primary N) is 1. The summed E-state index contributed by atoms with van der Waals surface area (Å²) in [5, 5.41) is 9.18. The molecule has 2 nitrogen and oxygen atoms in total. The maximum absolute atomic E-state index is 9.18. The highest BCUT2D eigenvalue weighted by molar-refractivity contribution is 9.10. The minimum atomic E-state index is 0.293. The molecule has 2 rings (SSSR count). The fraction of sp³-hybridized carbons (Fsp3) is 0.0769. The largest absolute Gasteiger partial charge is 0.508 e. The van der Waals surface area contributed by atoms with E-state index in [1.807, 2.05) is 30.3 Å². The molecule has 0 radical (unpaired) electrons. The summed E-state index contributed by atoms with van der Waals surface area (Å²) in [5.41, 5.74) is 7.86. The molecule has 0 spiro atoms. The van der Waals surface area contributed by atoms with Crippen molar-refractivity contribution < 1.29 is 5.11 Å². The number of phenolic OH excluding ortho intramolecular Hbond substituents is 1. The van der Waals surface area contributed by atoms with Crippen LogP contribution in [0.1, 0.15) is 5.56 Å². The summed E-state index contributed by atoms with van der Waals surface area (Å²) in [6.07, 6.45) is 0. The van der Waals surface area contributed by atoms with Crippen molar-refractivity contribution in [2.24, 2.45) is 0 Å². The minimum Gasteiger partial charge on any atom is -0.508 e. The summed E-state index contributed by atoms with van der Waals surface area (Å²) >= 11 is 5.07. The van der Waals surface area contributed by atoms with E-state index < -0.39 is 0 Å². The Morgan fingerprint density at radius 1 is 1.12 bits per heavy atom. The van der Waals surface area contributed by atoms with E-state index in [-0.39, 0.29) is 0 Å². The van der Waals surface area contributed by atoms with Gasteiger partial charge in [0.05, 0.1) is 0 Å². The number of nitrogen functional groups attached to an aromatic ring is 1. The second-order valence-electron chi connectivity index (χ2n) is 3.64. The van der Waals surface area contributed by atoms with Crippen molar-refractivity contribution in [3.05, 3.63) is 52.5 Å². The molecule has 0 fully saturated rings. The maximum atomic E-state index is 9.18. The number of phenols is 1. The second-order valence-corrected chi connectivity index (χ2v) is 5.57. The number of anilines is 1. The number of thioether (sulfide) groups is 1. The highest BCUT2D eigenvalue weighted by atomic mass is 79.9. The van der Waals surface area contributed by atoms with E-state index in [1.165, 1.54) is 0 Å². The van der Waals surface area contributed by atoms with Crippen LogP contribution in [-0.4, -0.2) is 5.11 Å². The van der Waals surface area contributed by atoms with Gasteiger partial charge in [-0.2, -0.15) is 0 Å². The standard InChI is InChI=1S/C13H12BrNOS/c14-10-3-6-13(12(15)7-10)17-8-9-1-4-11(16)5-2-9/h1-7,16H,8,15H2. The molecule has 0 heterocycles. The lowest BCUT2D eigenvalue weighted by Gasteiger charge is -2.06. The van der Waals surface area contributed by atoms with Crippen LogP contribution in [0, 0.1) is 0 Å². The van der Waals surface area contributed by atoms with Gasteiger partial charge in [-0.05, 0) is 35.9 Å². The van der Waals surface area contributed by atoms with Gasteiger partial charge in [0.15, 0.2) is 0 Å². The van der Waals surface area contributed by atoms with E-state index in [9.17, 15) is 5.11 Å². The van der Waals surface area contributed by atoms with E-state index in [0.717, 1.165) is 26.4 Å². The van der Waals surface area contributed by atoms with E-state index in [4.69, 9.17) is 5.73 Å². The van der Waals surface area contributed by atoms with Gasteiger partial charge in [-0.25, -0.2) is 0 Å². The number of aromatic hydroxyl groups is 1. The Labute approximate surface area is 113 Å². The molecule has 0 saturated carbocycles. The molecular weight excluding hydrogens is 298 g/mol. The SMILES string of the molecule is Nc1cc(Br)ccc1SCc1ccc(O)cc1. The third kappa shape index (κ3) is 3.41. The molecular formula is C13H12BrNOS. The van der Waals surface area contributed by atoms with Gasteiger partial charge in [0.1, 0.15) is 5.75 Å². The zero-order valence-corrected chi connectivity index (χ0v) is 11.5. The topological polar surface area (TPSA) is 46.2 Å². The average Bonchev–Trinajstić information content (AvgIpc) is 2.30. The van der Waals surface area contributed by atoms with Crippen LogP contribution in [0.5, 0.6) is 5.75 Å². The number of benzene rings is 2. The third-order valence-electron chi connectivity index (χ3n) is 2.30. The van der Waals surface area contributed by atoms with Crippen LogP contribution in [0.25, 0.3) is 0 Å². The highest BCUT2D eigenvalue weighted by Crippen LogP contribution is 2.30. The van der Waals surface area contributed by atoms with Gasteiger partial charge in [0.25, 0.3) is 0 Å². The van der Waals surface area contributed by atoms with E-state index in [2.05, 4.69) is 15.9 Å². The molecule has 2 aromatic rings. The summed E-state index contributed by atoms with van der Waals surface area (Å²) in [4.78, 5) is 1.07. The molecule has 88 valence electrons. The zero-order chi connectivity index (χ0) is 12.3. The van der Waals surface area contributed by atoms with Gasteiger partial charge < -0.3 is 10.8 Å². The van der Waals surface area contributed by atoms with Crippen LogP contribution in [0.15, 0.2) is 51.8 Å². The maximum Gasteiger partial charge on any atom is 0.115 e. The number of hydrogen-bond donors (Lipinski definition) is 2. The quantitative estimate of drug-likeness (QED) is 0.664.